The first-order valence-electron chi connectivity index (χ1n) is 5.17. The highest BCUT2D eigenvalue weighted by molar-refractivity contribution is 6.00. The van der Waals surface area contributed by atoms with Gasteiger partial charge >= 0.3 is 0 Å². The summed E-state index contributed by atoms with van der Waals surface area (Å²) in [4.78, 5) is 17.7. The lowest BCUT2D eigenvalue weighted by atomic mass is 10.1. The van der Waals surface area contributed by atoms with Crippen molar-refractivity contribution in [1.29, 1.82) is 0 Å². The standard InChI is InChI=1S/C13H14N2O/c1-9(16)12-8-10-6-4-5-7-11(10)13(14-12)15(2)3/h4-8H,1-3H3. The quantitative estimate of drug-likeness (QED) is 0.720. The second-order valence-corrected chi connectivity index (χ2v) is 4.00. The second-order valence-electron chi connectivity index (χ2n) is 4.00. The summed E-state index contributed by atoms with van der Waals surface area (Å²) in [6.45, 7) is 1.54. The maximum atomic E-state index is 11.4. The Balaban J connectivity index is 2.78. The minimum atomic E-state index is -0.00569. The molecule has 0 aliphatic carbocycles. The van der Waals surface area contributed by atoms with Crippen LogP contribution < -0.4 is 4.90 Å². The molecule has 0 N–H and O–H groups in total. The lowest BCUT2D eigenvalue weighted by molar-refractivity contribution is 0.101. The van der Waals surface area contributed by atoms with Crippen LogP contribution >= 0.6 is 0 Å². The van der Waals surface area contributed by atoms with Crippen molar-refractivity contribution >= 4 is 22.4 Å². The summed E-state index contributed by atoms with van der Waals surface area (Å²) in [5.74, 6) is 0.831. The van der Waals surface area contributed by atoms with E-state index >= 15 is 0 Å². The minimum absolute atomic E-state index is 0.00569. The van der Waals surface area contributed by atoms with Crippen LogP contribution in [0, 0.1) is 0 Å². The molecule has 16 heavy (non-hydrogen) atoms. The van der Waals surface area contributed by atoms with Gasteiger partial charge in [0.05, 0.1) is 0 Å². The first kappa shape index (κ1) is 10.6. The molecule has 0 saturated carbocycles. The molecule has 0 unspecified atom stereocenters. The molecule has 3 heteroatoms. The highest BCUT2D eigenvalue weighted by Crippen LogP contribution is 2.24. The van der Waals surface area contributed by atoms with Crippen LogP contribution in [0.15, 0.2) is 30.3 Å². The largest absolute Gasteiger partial charge is 0.362 e. The van der Waals surface area contributed by atoms with E-state index in [1.54, 1.807) is 0 Å². The molecule has 0 aliphatic heterocycles. The summed E-state index contributed by atoms with van der Waals surface area (Å²) in [5.41, 5.74) is 0.516. The van der Waals surface area contributed by atoms with Gasteiger partial charge in [-0.2, -0.15) is 0 Å². The van der Waals surface area contributed by atoms with Gasteiger partial charge in [-0.05, 0) is 11.5 Å². The highest BCUT2D eigenvalue weighted by atomic mass is 16.1. The zero-order valence-corrected chi connectivity index (χ0v) is 9.69. The van der Waals surface area contributed by atoms with Crippen LogP contribution in [0.1, 0.15) is 17.4 Å². The second kappa shape index (κ2) is 3.93. The van der Waals surface area contributed by atoms with E-state index in [0.29, 0.717) is 5.69 Å². The number of pyridine rings is 1. The molecule has 2 rings (SSSR count). The van der Waals surface area contributed by atoms with E-state index in [1.165, 1.54) is 6.92 Å². The summed E-state index contributed by atoms with van der Waals surface area (Å²) in [7, 11) is 3.86. The molecule has 3 nitrogen and oxygen atoms in total. The van der Waals surface area contributed by atoms with Crippen molar-refractivity contribution in [1.82, 2.24) is 4.98 Å². The molecule has 0 spiro atoms. The van der Waals surface area contributed by atoms with Gasteiger partial charge in [0.15, 0.2) is 5.78 Å². The summed E-state index contributed by atoms with van der Waals surface area (Å²) in [5, 5.41) is 2.11. The van der Waals surface area contributed by atoms with Gasteiger partial charge in [-0.15, -0.1) is 0 Å². The van der Waals surface area contributed by atoms with Crippen LogP contribution in [-0.2, 0) is 0 Å². The fraction of sp³-hybridized carbons (Fsp3) is 0.231. The number of hydrogen-bond acceptors (Lipinski definition) is 3. The molecule has 0 amide bonds. The Kier molecular flexibility index (Phi) is 2.60. The zero-order valence-electron chi connectivity index (χ0n) is 9.69. The molecule has 1 aromatic heterocycles. The van der Waals surface area contributed by atoms with E-state index in [1.807, 2.05) is 49.3 Å². The molecule has 0 aliphatic rings. The molecule has 0 atom stereocenters. The van der Waals surface area contributed by atoms with Crippen molar-refractivity contribution in [3.63, 3.8) is 0 Å². The van der Waals surface area contributed by atoms with Gasteiger partial charge < -0.3 is 4.90 Å². The number of carbonyl (C=O) groups is 1. The van der Waals surface area contributed by atoms with Crippen LogP contribution in [0.2, 0.25) is 0 Å². The summed E-state index contributed by atoms with van der Waals surface area (Å²) < 4.78 is 0. The van der Waals surface area contributed by atoms with Crippen molar-refractivity contribution in [2.75, 3.05) is 19.0 Å². The number of ketones is 1. The SMILES string of the molecule is CC(=O)c1cc2ccccc2c(N(C)C)n1. The van der Waals surface area contributed by atoms with Gasteiger partial charge in [0.25, 0.3) is 0 Å². The van der Waals surface area contributed by atoms with E-state index < -0.39 is 0 Å². The molecule has 0 fully saturated rings. The number of Topliss-reactive ketones (excluding diaryl/α,β-unsaturated/α-hetero) is 1. The van der Waals surface area contributed by atoms with Crippen molar-refractivity contribution < 1.29 is 4.79 Å². The summed E-state index contributed by atoms with van der Waals surface area (Å²) in [6, 6.07) is 9.79. The first-order chi connectivity index (χ1) is 7.59. The van der Waals surface area contributed by atoms with Crippen LogP contribution in [0.4, 0.5) is 5.82 Å². The van der Waals surface area contributed by atoms with Crippen molar-refractivity contribution in [2.24, 2.45) is 0 Å². The Morgan fingerprint density at radius 3 is 2.56 bits per heavy atom. The molecular weight excluding hydrogens is 200 g/mol. The van der Waals surface area contributed by atoms with Crippen LogP contribution in [0.5, 0.6) is 0 Å². The normalized spacial score (nSPS) is 10.4. The van der Waals surface area contributed by atoms with E-state index in [-0.39, 0.29) is 5.78 Å². The third-order valence-electron chi connectivity index (χ3n) is 2.50. The number of nitrogens with zero attached hydrogens (tertiary/aromatic N) is 2. The third kappa shape index (κ3) is 1.76. The average Bonchev–Trinajstić information content (AvgIpc) is 2.27. The lowest BCUT2D eigenvalue weighted by Crippen LogP contribution is -2.13. The third-order valence-corrected chi connectivity index (χ3v) is 2.50. The minimum Gasteiger partial charge on any atom is -0.362 e. The predicted molar refractivity (Wildman–Crippen MR) is 66.1 cm³/mol. The Labute approximate surface area is 94.7 Å². The fourth-order valence-corrected chi connectivity index (χ4v) is 1.70. The maximum Gasteiger partial charge on any atom is 0.178 e. The summed E-state index contributed by atoms with van der Waals surface area (Å²) in [6.07, 6.45) is 0. The van der Waals surface area contributed by atoms with Gasteiger partial charge in [-0.25, -0.2) is 4.98 Å². The maximum absolute atomic E-state index is 11.4. The van der Waals surface area contributed by atoms with Crippen molar-refractivity contribution in [3.8, 4) is 0 Å². The molecule has 82 valence electrons. The topological polar surface area (TPSA) is 33.2 Å². The van der Waals surface area contributed by atoms with E-state index in [0.717, 1.165) is 16.6 Å². The predicted octanol–water partition coefficient (Wildman–Crippen LogP) is 2.50. The van der Waals surface area contributed by atoms with Crippen LogP contribution in [-0.4, -0.2) is 24.9 Å². The average molecular weight is 214 g/mol. The van der Waals surface area contributed by atoms with Gasteiger partial charge in [-0.3, -0.25) is 4.79 Å². The number of aromatic nitrogens is 1. The number of carbonyl (C=O) groups excluding carboxylic acids is 1. The molecule has 0 radical (unpaired) electrons. The van der Waals surface area contributed by atoms with Gasteiger partial charge in [-0.1, -0.05) is 24.3 Å². The number of benzene rings is 1. The van der Waals surface area contributed by atoms with E-state index in [2.05, 4.69) is 4.98 Å². The molecule has 1 heterocycles. The fourth-order valence-electron chi connectivity index (χ4n) is 1.70. The Morgan fingerprint density at radius 2 is 1.94 bits per heavy atom. The summed E-state index contributed by atoms with van der Waals surface area (Å²) >= 11 is 0. The van der Waals surface area contributed by atoms with E-state index in [9.17, 15) is 4.79 Å². The van der Waals surface area contributed by atoms with Gasteiger partial charge in [0, 0.05) is 26.4 Å². The zero-order chi connectivity index (χ0) is 11.7. The number of anilines is 1. The smallest absolute Gasteiger partial charge is 0.178 e. The molecule has 0 saturated heterocycles. The number of fused-ring (bicyclic) bond motifs is 1. The van der Waals surface area contributed by atoms with Crippen LogP contribution in [0.3, 0.4) is 0 Å². The van der Waals surface area contributed by atoms with Crippen molar-refractivity contribution in [2.45, 2.75) is 6.92 Å². The monoisotopic (exact) mass is 214 g/mol. The van der Waals surface area contributed by atoms with Crippen molar-refractivity contribution in [3.05, 3.63) is 36.0 Å². The number of hydrogen-bond donors (Lipinski definition) is 0. The van der Waals surface area contributed by atoms with Gasteiger partial charge in [0.1, 0.15) is 11.5 Å². The molecule has 1 aromatic carbocycles. The Hall–Kier alpha value is -1.90. The Morgan fingerprint density at radius 1 is 1.25 bits per heavy atom. The number of rotatable bonds is 2. The molecule has 2 aromatic rings. The lowest BCUT2D eigenvalue weighted by Gasteiger charge is -2.15. The first-order valence-corrected chi connectivity index (χ1v) is 5.17. The van der Waals surface area contributed by atoms with E-state index in [4.69, 9.17) is 0 Å². The molecule has 0 bridgehead atoms. The van der Waals surface area contributed by atoms with Gasteiger partial charge in [0.2, 0.25) is 0 Å². The molecular formula is C13H14N2O. The highest BCUT2D eigenvalue weighted by Gasteiger charge is 2.09. The Bertz CT molecular complexity index is 547. The van der Waals surface area contributed by atoms with Crippen LogP contribution in [0.25, 0.3) is 10.8 Å².